The molecular weight excluding hydrogens is 185 g/mol. The Morgan fingerprint density at radius 3 is 2.71 bits per heavy atom. The lowest BCUT2D eigenvalue weighted by Crippen LogP contribution is -2.51. The first-order valence-electron chi connectivity index (χ1n) is 4.65. The molecule has 0 aliphatic carbocycles. The summed E-state index contributed by atoms with van der Waals surface area (Å²) in [5.74, 6) is -0.312. The molecule has 0 aromatic rings. The monoisotopic (exact) mass is 201 g/mol. The molecule has 0 unspecified atom stereocenters. The summed E-state index contributed by atoms with van der Waals surface area (Å²) in [4.78, 5) is 11.6. The predicted octanol–water partition coefficient (Wildman–Crippen LogP) is -2.55. The number of aliphatic hydroxyl groups is 2. The third kappa shape index (κ3) is 1.43. The average Bonchev–Trinajstić information content (AvgIpc) is 2.42. The maximum absolute atomic E-state index is 11.6. The van der Waals surface area contributed by atoms with Gasteiger partial charge in [0.25, 0.3) is 0 Å². The number of aliphatic hydroxyl groups excluding tert-OH is 2. The van der Waals surface area contributed by atoms with Gasteiger partial charge in [-0.25, -0.2) is 0 Å². The molecule has 1 fully saturated rings. The Labute approximate surface area is 83.9 Å². The van der Waals surface area contributed by atoms with Crippen LogP contribution >= 0.6 is 0 Å². The van der Waals surface area contributed by atoms with Crippen molar-refractivity contribution in [3.8, 4) is 0 Å². The number of amides is 1. The van der Waals surface area contributed by atoms with E-state index < -0.39 is 23.6 Å². The molecule has 80 valence electrons. The standard InChI is InChI=1S/C8H16BNO4/c1-8(7(13)10-2)4(3-11)14-6(9)5(8)12/h4-6,11-12H,3,9H2,1-2H3,(H,10,13)/t4-,5-,6+,8-/m1/s1. The van der Waals surface area contributed by atoms with E-state index in [9.17, 15) is 9.90 Å². The summed E-state index contributed by atoms with van der Waals surface area (Å²) in [6.45, 7) is 1.33. The molecule has 14 heavy (non-hydrogen) atoms. The summed E-state index contributed by atoms with van der Waals surface area (Å²) in [5, 5.41) is 21.4. The molecule has 4 atom stereocenters. The van der Waals surface area contributed by atoms with E-state index in [1.165, 1.54) is 7.05 Å². The highest BCUT2D eigenvalue weighted by atomic mass is 16.5. The summed E-state index contributed by atoms with van der Waals surface area (Å²) < 4.78 is 5.30. The number of nitrogens with one attached hydrogen (secondary N) is 1. The molecule has 6 heteroatoms. The Morgan fingerprint density at radius 2 is 2.29 bits per heavy atom. The SMILES string of the molecule is B[C@H]1O[C@H](CO)[C@@](C)(C(=O)NC)[C@@H]1O. The van der Waals surface area contributed by atoms with Gasteiger partial charge in [0.05, 0.1) is 24.8 Å². The van der Waals surface area contributed by atoms with E-state index in [2.05, 4.69) is 5.32 Å². The summed E-state index contributed by atoms with van der Waals surface area (Å²) in [6.07, 6.45) is -1.54. The van der Waals surface area contributed by atoms with E-state index in [1.807, 2.05) is 0 Å². The van der Waals surface area contributed by atoms with Crippen LogP contribution in [0.4, 0.5) is 0 Å². The minimum Gasteiger partial charge on any atom is -0.394 e. The lowest BCUT2D eigenvalue weighted by Gasteiger charge is -2.29. The average molecular weight is 201 g/mol. The molecule has 0 aromatic heterocycles. The van der Waals surface area contributed by atoms with Crippen molar-refractivity contribution in [2.24, 2.45) is 5.41 Å². The summed E-state index contributed by atoms with van der Waals surface area (Å²) in [5.41, 5.74) is -1.07. The third-order valence-corrected chi connectivity index (χ3v) is 2.99. The molecule has 1 rings (SSSR count). The normalized spacial score (nSPS) is 42.4. The van der Waals surface area contributed by atoms with E-state index in [0.717, 1.165) is 0 Å². The maximum atomic E-state index is 11.6. The minimum atomic E-state index is -1.07. The highest BCUT2D eigenvalue weighted by Gasteiger charge is 2.55. The van der Waals surface area contributed by atoms with Crippen LogP contribution in [0.1, 0.15) is 6.92 Å². The Hall–Kier alpha value is -0.585. The van der Waals surface area contributed by atoms with Crippen LogP contribution < -0.4 is 5.32 Å². The van der Waals surface area contributed by atoms with Crippen molar-refractivity contribution in [1.82, 2.24) is 5.32 Å². The molecule has 1 amide bonds. The van der Waals surface area contributed by atoms with Crippen molar-refractivity contribution < 1.29 is 19.7 Å². The minimum absolute atomic E-state index is 0.272. The van der Waals surface area contributed by atoms with Gasteiger partial charge in [0.1, 0.15) is 13.3 Å². The number of ether oxygens (including phenoxy) is 1. The summed E-state index contributed by atoms with van der Waals surface area (Å²) >= 11 is 0. The topological polar surface area (TPSA) is 78.8 Å². The first-order chi connectivity index (χ1) is 6.48. The second-order valence-electron chi connectivity index (χ2n) is 3.82. The van der Waals surface area contributed by atoms with Crippen molar-refractivity contribution in [3.05, 3.63) is 0 Å². The fraction of sp³-hybridized carbons (Fsp3) is 0.875. The van der Waals surface area contributed by atoms with Crippen LogP contribution in [0.25, 0.3) is 0 Å². The second-order valence-corrected chi connectivity index (χ2v) is 3.82. The van der Waals surface area contributed by atoms with Crippen LogP contribution in [-0.4, -0.2) is 55.8 Å². The lowest BCUT2D eigenvalue weighted by molar-refractivity contribution is -0.138. The highest BCUT2D eigenvalue weighted by molar-refractivity contribution is 6.12. The zero-order chi connectivity index (χ0) is 10.9. The van der Waals surface area contributed by atoms with Crippen LogP contribution in [0, 0.1) is 5.41 Å². The molecule has 0 saturated carbocycles. The van der Waals surface area contributed by atoms with E-state index in [1.54, 1.807) is 14.8 Å². The Balaban J connectivity index is 2.97. The molecule has 1 aliphatic rings. The summed E-state index contributed by atoms with van der Waals surface area (Å²) in [7, 11) is 3.18. The first-order valence-corrected chi connectivity index (χ1v) is 4.65. The van der Waals surface area contributed by atoms with Gasteiger partial charge in [0.2, 0.25) is 5.91 Å². The molecule has 0 spiro atoms. The van der Waals surface area contributed by atoms with Crippen LogP contribution in [0.15, 0.2) is 0 Å². The lowest BCUT2D eigenvalue weighted by atomic mass is 9.75. The maximum Gasteiger partial charge on any atom is 0.231 e. The van der Waals surface area contributed by atoms with E-state index in [0.29, 0.717) is 0 Å². The molecule has 0 aromatic carbocycles. The van der Waals surface area contributed by atoms with Crippen LogP contribution in [0.5, 0.6) is 0 Å². The molecule has 1 saturated heterocycles. The Bertz CT molecular complexity index is 237. The largest absolute Gasteiger partial charge is 0.394 e. The Kier molecular flexibility index (Phi) is 3.19. The van der Waals surface area contributed by atoms with Gasteiger partial charge >= 0.3 is 0 Å². The molecule has 0 bridgehead atoms. The fourth-order valence-electron chi connectivity index (χ4n) is 1.94. The quantitative estimate of drug-likeness (QED) is 0.430. The highest BCUT2D eigenvalue weighted by Crippen LogP contribution is 2.37. The molecule has 1 heterocycles. The molecule has 3 N–H and O–H groups in total. The molecule has 5 nitrogen and oxygen atoms in total. The van der Waals surface area contributed by atoms with E-state index in [4.69, 9.17) is 9.84 Å². The first kappa shape index (κ1) is 11.5. The van der Waals surface area contributed by atoms with Gasteiger partial charge in [0.15, 0.2) is 0 Å². The number of rotatable bonds is 2. The fourth-order valence-corrected chi connectivity index (χ4v) is 1.94. The molecule has 0 radical (unpaired) electrons. The number of hydrogen-bond donors (Lipinski definition) is 3. The van der Waals surface area contributed by atoms with Crippen molar-refractivity contribution in [2.45, 2.75) is 25.1 Å². The number of carbonyl (C=O) groups is 1. The van der Waals surface area contributed by atoms with Crippen molar-refractivity contribution >= 4 is 13.8 Å². The van der Waals surface area contributed by atoms with Crippen molar-refractivity contribution in [3.63, 3.8) is 0 Å². The van der Waals surface area contributed by atoms with Gasteiger partial charge < -0.3 is 20.3 Å². The Morgan fingerprint density at radius 1 is 1.71 bits per heavy atom. The van der Waals surface area contributed by atoms with Gasteiger partial charge in [-0.2, -0.15) is 0 Å². The van der Waals surface area contributed by atoms with Crippen LogP contribution in [-0.2, 0) is 9.53 Å². The van der Waals surface area contributed by atoms with Crippen LogP contribution in [0.2, 0.25) is 0 Å². The zero-order valence-electron chi connectivity index (χ0n) is 8.65. The van der Waals surface area contributed by atoms with Crippen molar-refractivity contribution in [1.29, 1.82) is 0 Å². The van der Waals surface area contributed by atoms with Gasteiger partial charge in [0, 0.05) is 7.05 Å². The van der Waals surface area contributed by atoms with Crippen molar-refractivity contribution in [2.75, 3.05) is 13.7 Å². The number of carbonyl (C=O) groups excluding carboxylic acids is 1. The second kappa shape index (κ2) is 3.88. The van der Waals surface area contributed by atoms with E-state index in [-0.39, 0.29) is 12.5 Å². The van der Waals surface area contributed by atoms with Crippen LogP contribution in [0.3, 0.4) is 0 Å². The summed E-state index contributed by atoms with van der Waals surface area (Å²) in [6, 6.07) is -0.436. The zero-order valence-corrected chi connectivity index (χ0v) is 8.65. The van der Waals surface area contributed by atoms with Gasteiger partial charge in [-0.3, -0.25) is 4.79 Å². The smallest absolute Gasteiger partial charge is 0.231 e. The third-order valence-electron chi connectivity index (χ3n) is 2.99. The van der Waals surface area contributed by atoms with Gasteiger partial charge in [-0.1, -0.05) is 0 Å². The molecule has 1 aliphatic heterocycles. The van der Waals surface area contributed by atoms with Gasteiger partial charge in [-0.15, -0.1) is 0 Å². The molecular formula is C8H16BNO4. The van der Waals surface area contributed by atoms with E-state index >= 15 is 0 Å². The number of hydrogen-bond acceptors (Lipinski definition) is 4. The predicted molar refractivity (Wildman–Crippen MR) is 52.5 cm³/mol. The van der Waals surface area contributed by atoms with Gasteiger partial charge in [-0.05, 0) is 6.92 Å².